The minimum absolute atomic E-state index is 0.0174. The first-order chi connectivity index (χ1) is 10.4. The van der Waals surface area contributed by atoms with Gasteiger partial charge in [0.15, 0.2) is 0 Å². The van der Waals surface area contributed by atoms with Crippen LogP contribution in [0.3, 0.4) is 0 Å². The number of hydrogen-bond acceptors (Lipinski definition) is 3. The number of aryl methyl sites for hydroxylation is 1. The van der Waals surface area contributed by atoms with Crippen molar-refractivity contribution in [2.75, 3.05) is 5.32 Å². The van der Waals surface area contributed by atoms with Crippen LogP contribution in [0.25, 0.3) is 0 Å². The van der Waals surface area contributed by atoms with Gasteiger partial charge in [-0.25, -0.2) is 4.39 Å². The molecular formula is C16H18ClFN2OS. The third-order valence-corrected chi connectivity index (χ3v) is 4.79. The monoisotopic (exact) mass is 340 g/mol. The van der Waals surface area contributed by atoms with Crippen LogP contribution in [-0.2, 0) is 4.79 Å². The van der Waals surface area contributed by atoms with E-state index in [2.05, 4.69) is 5.32 Å². The van der Waals surface area contributed by atoms with Crippen molar-refractivity contribution in [2.24, 2.45) is 11.7 Å². The summed E-state index contributed by atoms with van der Waals surface area (Å²) in [4.78, 5) is 14.4. The Balaban J connectivity index is 1.95. The lowest BCUT2D eigenvalue weighted by Crippen LogP contribution is -2.24. The van der Waals surface area contributed by atoms with Gasteiger partial charge in [0.1, 0.15) is 5.82 Å². The summed E-state index contributed by atoms with van der Waals surface area (Å²) in [5, 5.41) is 2.71. The third kappa shape index (κ3) is 4.29. The van der Waals surface area contributed by atoms with Crippen LogP contribution >= 0.6 is 22.9 Å². The molecule has 0 aliphatic heterocycles. The van der Waals surface area contributed by atoms with Crippen LogP contribution in [0.5, 0.6) is 0 Å². The van der Waals surface area contributed by atoms with E-state index < -0.39 is 5.82 Å². The number of amides is 1. The van der Waals surface area contributed by atoms with Crippen molar-refractivity contribution in [1.82, 2.24) is 0 Å². The number of nitrogens with two attached hydrogens (primary N) is 1. The number of carbonyl (C=O) groups is 1. The fourth-order valence-corrected chi connectivity index (χ4v) is 3.17. The Labute approximate surface area is 138 Å². The Morgan fingerprint density at radius 1 is 1.41 bits per heavy atom. The first-order valence-electron chi connectivity index (χ1n) is 6.94. The van der Waals surface area contributed by atoms with Gasteiger partial charge in [0, 0.05) is 27.4 Å². The van der Waals surface area contributed by atoms with Crippen LogP contribution in [0.15, 0.2) is 30.3 Å². The summed E-state index contributed by atoms with van der Waals surface area (Å²) in [6.45, 7) is 3.84. The number of carbonyl (C=O) groups excluding carboxylic acids is 1. The molecule has 0 aliphatic carbocycles. The minimum Gasteiger partial charge on any atom is -0.326 e. The first-order valence-corrected chi connectivity index (χ1v) is 8.14. The van der Waals surface area contributed by atoms with Crippen molar-refractivity contribution in [1.29, 1.82) is 0 Å². The van der Waals surface area contributed by atoms with Gasteiger partial charge in [-0.15, -0.1) is 11.3 Å². The number of nitrogens with one attached hydrogen (secondary N) is 1. The fraction of sp³-hybridized carbons (Fsp3) is 0.312. The molecule has 0 spiro atoms. The van der Waals surface area contributed by atoms with Gasteiger partial charge in [0.2, 0.25) is 5.91 Å². The number of anilines is 1. The zero-order valence-electron chi connectivity index (χ0n) is 12.4. The highest BCUT2D eigenvalue weighted by molar-refractivity contribution is 7.12. The molecule has 0 aliphatic rings. The van der Waals surface area contributed by atoms with Crippen LogP contribution in [0.4, 0.5) is 10.1 Å². The maximum atomic E-state index is 13.1. The predicted octanol–water partition coefficient (Wildman–Crippen LogP) is 4.51. The summed E-state index contributed by atoms with van der Waals surface area (Å²) >= 11 is 7.34. The standard InChI is InChI=1S/C16H18ClFN2OS/c1-9(7-14(19)15-6-3-10(2)22-15)16(21)20-11-4-5-13(18)12(17)8-11/h3-6,8-9,14H,7,19H2,1-2H3,(H,20,21). The lowest BCUT2D eigenvalue weighted by molar-refractivity contribution is -0.119. The van der Waals surface area contributed by atoms with E-state index >= 15 is 0 Å². The quantitative estimate of drug-likeness (QED) is 0.841. The minimum atomic E-state index is -0.511. The summed E-state index contributed by atoms with van der Waals surface area (Å²) in [5.74, 6) is -0.935. The van der Waals surface area contributed by atoms with Crippen molar-refractivity contribution in [3.05, 3.63) is 50.9 Å². The van der Waals surface area contributed by atoms with Gasteiger partial charge in [-0.05, 0) is 43.7 Å². The van der Waals surface area contributed by atoms with E-state index in [4.69, 9.17) is 17.3 Å². The molecule has 6 heteroatoms. The van der Waals surface area contributed by atoms with Crippen molar-refractivity contribution in [3.8, 4) is 0 Å². The Kier molecular flexibility index (Phi) is 5.56. The third-order valence-electron chi connectivity index (χ3n) is 3.37. The number of halogens is 2. The lowest BCUT2D eigenvalue weighted by atomic mass is 10.0. The largest absolute Gasteiger partial charge is 0.326 e. The summed E-state index contributed by atoms with van der Waals surface area (Å²) in [6.07, 6.45) is 0.542. The van der Waals surface area contributed by atoms with E-state index in [1.165, 1.54) is 23.1 Å². The van der Waals surface area contributed by atoms with E-state index in [9.17, 15) is 9.18 Å². The van der Waals surface area contributed by atoms with Crippen LogP contribution in [0, 0.1) is 18.7 Å². The zero-order chi connectivity index (χ0) is 16.3. The lowest BCUT2D eigenvalue weighted by Gasteiger charge is -2.16. The molecule has 0 bridgehead atoms. The molecule has 1 heterocycles. The van der Waals surface area contributed by atoms with Crippen LogP contribution < -0.4 is 11.1 Å². The average molecular weight is 341 g/mol. The van der Waals surface area contributed by atoms with Gasteiger partial charge in [0.05, 0.1) is 5.02 Å². The molecule has 3 N–H and O–H groups in total. The smallest absolute Gasteiger partial charge is 0.227 e. The summed E-state index contributed by atoms with van der Waals surface area (Å²) in [5.41, 5.74) is 6.62. The fourth-order valence-electron chi connectivity index (χ4n) is 2.10. The van der Waals surface area contributed by atoms with Crippen LogP contribution in [0.2, 0.25) is 5.02 Å². The van der Waals surface area contributed by atoms with Crippen molar-refractivity contribution in [3.63, 3.8) is 0 Å². The molecule has 1 aromatic carbocycles. The summed E-state index contributed by atoms with van der Waals surface area (Å²) in [7, 11) is 0. The Morgan fingerprint density at radius 3 is 2.73 bits per heavy atom. The Hall–Kier alpha value is -1.43. The number of benzene rings is 1. The maximum absolute atomic E-state index is 13.1. The second-order valence-corrected chi connectivity index (χ2v) is 7.04. The van der Waals surface area contributed by atoms with Crippen molar-refractivity contribution < 1.29 is 9.18 Å². The van der Waals surface area contributed by atoms with E-state index in [-0.39, 0.29) is 22.9 Å². The second-order valence-electron chi connectivity index (χ2n) is 5.31. The molecule has 22 heavy (non-hydrogen) atoms. The van der Waals surface area contributed by atoms with Gasteiger partial charge in [0.25, 0.3) is 0 Å². The molecule has 3 nitrogen and oxygen atoms in total. The van der Waals surface area contributed by atoms with Gasteiger partial charge < -0.3 is 11.1 Å². The van der Waals surface area contributed by atoms with E-state index in [1.54, 1.807) is 11.3 Å². The number of rotatable bonds is 5. The van der Waals surface area contributed by atoms with E-state index in [0.717, 1.165) is 4.88 Å². The summed E-state index contributed by atoms with van der Waals surface area (Å²) in [6, 6.07) is 7.94. The van der Waals surface area contributed by atoms with Gasteiger partial charge in [-0.1, -0.05) is 18.5 Å². The molecule has 0 fully saturated rings. The van der Waals surface area contributed by atoms with Gasteiger partial charge in [-0.3, -0.25) is 4.79 Å². The van der Waals surface area contributed by atoms with Crippen molar-refractivity contribution >= 4 is 34.5 Å². The Bertz CT molecular complexity index is 674. The molecule has 1 amide bonds. The molecule has 2 unspecified atom stereocenters. The molecule has 0 radical (unpaired) electrons. The molecule has 2 rings (SSSR count). The molecule has 0 saturated carbocycles. The molecule has 118 valence electrons. The zero-order valence-corrected chi connectivity index (χ0v) is 14.0. The summed E-state index contributed by atoms with van der Waals surface area (Å²) < 4.78 is 13.1. The number of thiophene rings is 1. The SMILES string of the molecule is Cc1ccc(C(N)CC(C)C(=O)Nc2ccc(F)c(Cl)c2)s1. The Morgan fingerprint density at radius 2 is 2.14 bits per heavy atom. The second kappa shape index (κ2) is 7.22. The van der Waals surface area contributed by atoms with Crippen molar-refractivity contribution in [2.45, 2.75) is 26.3 Å². The molecular weight excluding hydrogens is 323 g/mol. The molecule has 1 aromatic heterocycles. The highest BCUT2D eigenvalue weighted by Crippen LogP contribution is 2.26. The topological polar surface area (TPSA) is 55.1 Å². The van der Waals surface area contributed by atoms with E-state index in [1.807, 2.05) is 26.0 Å². The highest BCUT2D eigenvalue weighted by atomic mass is 35.5. The highest BCUT2D eigenvalue weighted by Gasteiger charge is 2.19. The maximum Gasteiger partial charge on any atom is 0.227 e. The molecule has 2 atom stereocenters. The molecule has 2 aromatic rings. The first kappa shape index (κ1) is 16.9. The predicted molar refractivity (Wildman–Crippen MR) is 89.8 cm³/mol. The van der Waals surface area contributed by atoms with Gasteiger partial charge >= 0.3 is 0 Å². The van der Waals surface area contributed by atoms with Gasteiger partial charge in [-0.2, -0.15) is 0 Å². The van der Waals surface area contributed by atoms with Crippen LogP contribution in [0.1, 0.15) is 29.1 Å². The molecule has 0 saturated heterocycles. The van der Waals surface area contributed by atoms with Crippen LogP contribution in [-0.4, -0.2) is 5.91 Å². The normalized spacial score (nSPS) is 13.7. The number of hydrogen-bond donors (Lipinski definition) is 2. The average Bonchev–Trinajstić information content (AvgIpc) is 2.89. The van der Waals surface area contributed by atoms with E-state index in [0.29, 0.717) is 12.1 Å².